The molecule has 2 unspecified atom stereocenters. The first-order valence-corrected chi connectivity index (χ1v) is 9.33. The van der Waals surface area contributed by atoms with Gasteiger partial charge in [0.05, 0.1) is 5.56 Å². The largest absolute Gasteiger partial charge is 0.507 e. The van der Waals surface area contributed by atoms with Crippen LogP contribution in [0.2, 0.25) is 0 Å². The van der Waals surface area contributed by atoms with Gasteiger partial charge in [-0.1, -0.05) is 25.0 Å². The minimum Gasteiger partial charge on any atom is -0.507 e. The summed E-state index contributed by atoms with van der Waals surface area (Å²) in [5.74, 6) is 1.28. The van der Waals surface area contributed by atoms with Crippen molar-refractivity contribution in [2.45, 2.75) is 52.6 Å². The summed E-state index contributed by atoms with van der Waals surface area (Å²) in [4.78, 5) is 0. The van der Waals surface area contributed by atoms with Crippen molar-refractivity contribution < 1.29 is 9.84 Å². The number of rotatable bonds is 6. The van der Waals surface area contributed by atoms with Gasteiger partial charge >= 0.3 is 0 Å². The lowest BCUT2D eigenvalue weighted by Crippen LogP contribution is -2.39. The molecule has 24 heavy (non-hydrogen) atoms. The quantitative estimate of drug-likeness (QED) is 0.625. The molecule has 1 aromatic carbocycles. The van der Waals surface area contributed by atoms with Crippen LogP contribution in [0.15, 0.2) is 35.9 Å². The topological polar surface area (TPSA) is 29.5 Å². The van der Waals surface area contributed by atoms with Crippen LogP contribution in [0.4, 0.5) is 0 Å². The number of phenols is 1. The van der Waals surface area contributed by atoms with E-state index >= 15 is 0 Å². The number of aryl methyl sites for hydroxylation is 1. The summed E-state index contributed by atoms with van der Waals surface area (Å²) in [6.45, 7) is 8.47. The van der Waals surface area contributed by atoms with Gasteiger partial charge in [-0.15, -0.1) is 0 Å². The zero-order valence-electron chi connectivity index (χ0n) is 15.2. The standard InChI is InChI=1S/C21H28O2Si/c1-5-6-16-13-19(22)18-9-11-21(4,23-20(18)14-16)17(10-12-24)8-7-15(2)3/h7,9-11,13-14,17,22H,5-6,8,24H2,1-4H3. The highest BCUT2D eigenvalue weighted by Crippen LogP contribution is 2.41. The second-order valence-electron chi connectivity index (χ2n) is 6.89. The van der Waals surface area contributed by atoms with Gasteiger partial charge in [-0.25, -0.2) is 0 Å². The van der Waals surface area contributed by atoms with Crippen LogP contribution in [0.3, 0.4) is 0 Å². The zero-order valence-corrected chi connectivity index (χ0v) is 16.6. The molecule has 0 saturated carbocycles. The van der Waals surface area contributed by atoms with Crippen LogP contribution in [0.5, 0.6) is 11.5 Å². The second kappa shape index (κ2) is 7.83. The third kappa shape index (κ3) is 4.17. The third-order valence-electron chi connectivity index (χ3n) is 4.46. The van der Waals surface area contributed by atoms with Gasteiger partial charge in [0.25, 0.3) is 0 Å². The Labute approximate surface area is 148 Å². The summed E-state index contributed by atoms with van der Waals surface area (Å²) in [5, 5.41) is 13.5. The normalized spacial score (nSPS) is 19.7. The Bertz CT molecular complexity index is 707. The van der Waals surface area contributed by atoms with Crippen molar-refractivity contribution in [2.75, 3.05) is 0 Å². The first-order chi connectivity index (χ1) is 11.4. The Morgan fingerprint density at radius 3 is 2.79 bits per heavy atom. The number of phenolic OH excluding ortho intramolecular Hbond substituents is 1. The molecule has 0 saturated heterocycles. The van der Waals surface area contributed by atoms with Gasteiger partial charge in [-0.3, -0.25) is 0 Å². The van der Waals surface area contributed by atoms with Gasteiger partial charge in [0.1, 0.15) is 17.1 Å². The van der Waals surface area contributed by atoms with Gasteiger partial charge in [0.15, 0.2) is 0 Å². The Kier molecular flexibility index (Phi) is 6.03. The van der Waals surface area contributed by atoms with Gasteiger partial charge in [0.2, 0.25) is 0 Å². The van der Waals surface area contributed by atoms with Crippen LogP contribution >= 0.6 is 0 Å². The molecule has 3 heteroatoms. The molecule has 0 amide bonds. The van der Waals surface area contributed by atoms with Crippen LogP contribution in [-0.4, -0.2) is 25.9 Å². The molecule has 1 aliphatic heterocycles. The molecule has 1 heterocycles. The summed E-state index contributed by atoms with van der Waals surface area (Å²) >= 11 is 0. The van der Waals surface area contributed by atoms with E-state index in [0.717, 1.165) is 36.1 Å². The molecule has 0 fully saturated rings. The average molecular weight is 341 g/mol. The monoisotopic (exact) mass is 340 g/mol. The molecule has 0 radical (unpaired) electrons. The number of allylic oxidation sites excluding steroid dienone is 2. The van der Waals surface area contributed by atoms with Crippen molar-refractivity contribution in [3.63, 3.8) is 0 Å². The highest BCUT2D eigenvalue weighted by atomic mass is 28.1. The molecule has 128 valence electrons. The summed E-state index contributed by atoms with van der Waals surface area (Å²) < 4.78 is 6.39. The first kappa shape index (κ1) is 18.5. The molecule has 2 atom stereocenters. The van der Waals surface area contributed by atoms with E-state index in [1.54, 1.807) is 9.85 Å². The lowest BCUT2D eigenvalue weighted by atomic mass is 9.83. The van der Waals surface area contributed by atoms with Crippen LogP contribution in [-0.2, 0) is 6.42 Å². The van der Waals surface area contributed by atoms with Crippen molar-refractivity contribution in [3.8, 4) is 11.5 Å². The van der Waals surface area contributed by atoms with Crippen molar-refractivity contribution in [3.05, 3.63) is 47.1 Å². The van der Waals surface area contributed by atoms with E-state index in [2.05, 4.69) is 57.3 Å². The molecule has 0 aromatic heterocycles. The van der Waals surface area contributed by atoms with Crippen molar-refractivity contribution in [2.24, 2.45) is 5.92 Å². The minimum atomic E-state index is -0.441. The Morgan fingerprint density at radius 1 is 1.42 bits per heavy atom. The Hall–Kier alpha value is -1.83. The fraction of sp³-hybridized carbons (Fsp3) is 0.429. The number of hydrogen-bond donors (Lipinski definition) is 1. The number of aromatic hydroxyl groups is 1. The number of benzene rings is 1. The maximum absolute atomic E-state index is 10.3. The predicted molar refractivity (Wildman–Crippen MR) is 106 cm³/mol. The Morgan fingerprint density at radius 2 is 2.17 bits per heavy atom. The maximum Gasteiger partial charge on any atom is 0.132 e. The maximum atomic E-state index is 10.3. The van der Waals surface area contributed by atoms with Gasteiger partial charge in [0, 0.05) is 15.8 Å². The molecule has 2 nitrogen and oxygen atoms in total. The van der Waals surface area contributed by atoms with E-state index in [1.165, 1.54) is 5.57 Å². The fourth-order valence-electron chi connectivity index (χ4n) is 3.04. The van der Waals surface area contributed by atoms with E-state index in [9.17, 15) is 5.11 Å². The van der Waals surface area contributed by atoms with Crippen molar-refractivity contribution in [1.29, 1.82) is 0 Å². The highest BCUT2D eigenvalue weighted by Gasteiger charge is 2.35. The SMILES string of the molecule is CCCc1cc(O)c2c(c1)OC(C)(C(C=C=[SiH2])CC=C(C)C)C=C2. The molecule has 1 aliphatic rings. The average Bonchev–Trinajstić information content (AvgIpc) is 2.51. The lowest BCUT2D eigenvalue weighted by Gasteiger charge is -2.37. The summed E-state index contributed by atoms with van der Waals surface area (Å²) in [5.41, 5.74) is 2.76. The third-order valence-corrected chi connectivity index (χ3v) is 4.70. The van der Waals surface area contributed by atoms with Crippen LogP contribution in [0.1, 0.15) is 51.7 Å². The van der Waals surface area contributed by atoms with E-state index in [-0.39, 0.29) is 5.92 Å². The molecular weight excluding hydrogens is 312 g/mol. The zero-order chi connectivity index (χ0) is 17.7. The van der Waals surface area contributed by atoms with E-state index in [4.69, 9.17) is 4.74 Å². The minimum absolute atomic E-state index is 0.200. The molecule has 2 rings (SSSR count). The van der Waals surface area contributed by atoms with E-state index < -0.39 is 5.60 Å². The second-order valence-corrected chi connectivity index (χ2v) is 7.30. The molecule has 1 aromatic rings. The molecular formula is C21H28O2Si. The van der Waals surface area contributed by atoms with Gasteiger partial charge in [-0.2, -0.15) is 5.33 Å². The lowest BCUT2D eigenvalue weighted by molar-refractivity contribution is 0.0931. The van der Waals surface area contributed by atoms with Gasteiger partial charge in [-0.05, 0) is 69.5 Å². The summed E-state index contributed by atoms with van der Waals surface area (Å²) in [6.07, 6.45) is 11.3. The fourth-order valence-corrected chi connectivity index (χ4v) is 3.33. The van der Waals surface area contributed by atoms with Crippen LogP contribution in [0, 0.1) is 5.92 Å². The number of ether oxygens (including phenoxy) is 1. The summed E-state index contributed by atoms with van der Waals surface area (Å²) in [6, 6.07) is 3.92. The first-order valence-electron chi connectivity index (χ1n) is 8.63. The van der Waals surface area contributed by atoms with Gasteiger partial charge < -0.3 is 9.84 Å². The molecule has 0 aliphatic carbocycles. The molecule has 0 bridgehead atoms. The number of fused-ring (bicyclic) bond motifs is 1. The van der Waals surface area contributed by atoms with Crippen molar-refractivity contribution in [1.82, 2.24) is 0 Å². The van der Waals surface area contributed by atoms with E-state index in [1.807, 2.05) is 12.1 Å². The van der Waals surface area contributed by atoms with E-state index in [0.29, 0.717) is 5.75 Å². The number of hydrogen-bond acceptors (Lipinski definition) is 2. The molecule has 0 spiro atoms. The predicted octanol–water partition coefficient (Wildman–Crippen LogP) is 4.07. The smallest absolute Gasteiger partial charge is 0.132 e. The molecule has 1 N–H and O–H groups in total. The van der Waals surface area contributed by atoms with Crippen molar-refractivity contribution >= 4 is 21.3 Å². The van der Waals surface area contributed by atoms with Crippen LogP contribution < -0.4 is 4.74 Å². The van der Waals surface area contributed by atoms with Crippen LogP contribution in [0.25, 0.3) is 6.08 Å². The Balaban J connectivity index is 2.38. The summed E-state index contributed by atoms with van der Waals surface area (Å²) in [7, 11) is 1.72. The highest BCUT2D eigenvalue weighted by molar-refractivity contribution is 6.24.